The molecule has 1 aromatic heterocycles. The van der Waals surface area contributed by atoms with E-state index in [0.717, 1.165) is 5.82 Å². The standard InChI is InChI=1S/C21H26N4O4/c1-16(26)25(18-14-17(28-2)7-8-19(18)29-3)15-21(27)24-12-10-23(11-13-24)20-6-4-5-9-22-20/h4-9,14H,10-13,15H2,1-3H3. The van der Waals surface area contributed by atoms with Crippen LogP contribution in [0.4, 0.5) is 11.5 Å². The molecular weight excluding hydrogens is 372 g/mol. The lowest BCUT2D eigenvalue weighted by molar-refractivity contribution is -0.131. The number of benzene rings is 1. The van der Waals surface area contributed by atoms with Gasteiger partial charge in [0.1, 0.15) is 23.9 Å². The van der Waals surface area contributed by atoms with Crippen molar-refractivity contribution in [1.29, 1.82) is 0 Å². The number of aromatic nitrogens is 1. The maximum atomic E-state index is 12.9. The minimum absolute atomic E-state index is 0.0531. The summed E-state index contributed by atoms with van der Waals surface area (Å²) in [5.41, 5.74) is 0.514. The van der Waals surface area contributed by atoms with E-state index in [1.807, 2.05) is 18.2 Å². The second kappa shape index (κ2) is 9.27. The van der Waals surface area contributed by atoms with Gasteiger partial charge in [0.25, 0.3) is 0 Å². The van der Waals surface area contributed by atoms with Gasteiger partial charge in [-0.3, -0.25) is 14.5 Å². The Bertz CT molecular complexity index is 851. The van der Waals surface area contributed by atoms with Gasteiger partial charge in [-0.1, -0.05) is 6.07 Å². The largest absolute Gasteiger partial charge is 0.497 e. The van der Waals surface area contributed by atoms with Crippen molar-refractivity contribution in [3.8, 4) is 11.5 Å². The zero-order valence-corrected chi connectivity index (χ0v) is 17.0. The van der Waals surface area contributed by atoms with Crippen molar-refractivity contribution in [2.75, 3.05) is 56.7 Å². The molecule has 8 nitrogen and oxygen atoms in total. The van der Waals surface area contributed by atoms with Gasteiger partial charge in [0, 0.05) is 45.4 Å². The number of piperazine rings is 1. The van der Waals surface area contributed by atoms with Crippen LogP contribution in [0.5, 0.6) is 11.5 Å². The number of pyridine rings is 1. The molecule has 2 aromatic rings. The Balaban J connectivity index is 1.69. The first-order chi connectivity index (χ1) is 14.0. The summed E-state index contributed by atoms with van der Waals surface area (Å²) >= 11 is 0. The first-order valence-corrected chi connectivity index (χ1v) is 9.47. The fourth-order valence-electron chi connectivity index (χ4n) is 3.33. The summed E-state index contributed by atoms with van der Waals surface area (Å²) in [7, 11) is 3.08. The monoisotopic (exact) mass is 398 g/mol. The zero-order chi connectivity index (χ0) is 20.8. The first kappa shape index (κ1) is 20.4. The smallest absolute Gasteiger partial charge is 0.242 e. The van der Waals surface area contributed by atoms with E-state index < -0.39 is 0 Å². The molecule has 0 aliphatic carbocycles. The molecule has 3 rings (SSSR count). The van der Waals surface area contributed by atoms with Gasteiger partial charge in [0.05, 0.1) is 19.9 Å². The molecule has 1 saturated heterocycles. The molecule has 0 spiro atoms. The van der Waals surface area contributed by atoms with Crippen LogP contribution >= 0.6 is 0 Å². The SMILES string of the molecule is COc1ccc(OC)c(N(CC(=O)N2CCN(c3ccccn3)CC2)C(C)=O)c1. The van der Waals surface area contributed by atoms with E-state index in [2.05, 4.69) is 9.88 Å². The Morgan fingerprint density at radius 1 is 1.07 bits per heavy atom. The van der Waals surface area contributed by atoms with Crippen molar-refractivity contribution in [1.82, 2.24) is 9.88 Å². The summed E-state index contributed by atoms with van der Waals surface area (Å²) in [6.45, 7) is 3.94. The Hall–Kier alpha value is -3.29. The van der Waals surface area contributed by atoms with E-state index in [1.165, 1.54) is 18.9 Å². The Morgan fingerprint density at radius 3 is 2.41 bits per heavy atom. The average molecular weight is 398 g/mol. The summed E-state index contributed by atoms with van der Waals surface area (Å²) in [5.74, 6) is 1.66. The highest BCUT2D eigenvalue weighted by Crippen LogP contribution is 2.32. The van der Waals surface area contributed by atoms with Crippen molar-refractivity contribution in [3.63, 3.8) is 0 Å². The van der Waals surface area contributed by atoms with Gasteiger partial charge in [0.15, 0.2) is 0 Å². The Kier molecular flexibility index (Phi) is 6.54. The molecule has 2 amide bonds. The third-order valence-electron chi connectivity index (χ3n) is 4.96. The second-order valence-electron chi connectivity index (χ2n) is 6.70. The lowest BCUT2D eigenvalue weighted by atomic mass is 10.2. The Morgan fingerprint density at radius 2 is 1.83 bits per heavy atom. The molecule has 1 aliphatic heterocycles. The van der Waals surface area contributed by atoms with Crippen LogP contribution in [0.3, 0.4) is 0 Å². The van der Waals surface area contributed by atoms with Crippen LogP contribution in [-0.4, -0.2) is 68.6 Å². The number of hydrogen-bond donors (Lipinski definition) is 0. The number of ether oxygens (including phenoxy) is 2. The zero-order valence-electron chi connectivity index (χ0n) is 17.0. The molecule has 154 valence electrons. The third-order valence-corrected chi connectivity index (χ3v) is 4.96. The molecular formula is C21H26N4O4. The molecule has 1 aliphatic rings. The van der Waals surface area contributed by atoms with Crippen LogP contribution < -0.4 is 19.3 Å². The predicted molar refractivity (Wildman–Crippen MR) is 111 cm³/mol. The van der Waals surface area contributed by atoms with E-state index in [9.17, 15) is 9.59 Å². The molecule has 1 aromatic carbocycles. The minimum Gasteiger partial charge on any atom is -0.497 e. The van der Waals surface area contributed by atoms with Crippen molar-refractivity contribution >= 4 is 23.3 Å². The molecule has 1 fully saturated rings. The van der Waals surface area contributed by atoms with Crippen LogP contribution in [0.1, 0.15) is 6.92 Å². The van der Waals surface area contributed by atoms with Gasteiger partial charge >= 0.3 is 0 Å². The van der Waals surface area contributed by atoms with E-state index in [-0.39, 0.29) is 18.4 Å². The molecule has 0 unspecified atom stereocenters. The van der Waals surface area contributed by atoms with Gasteiger partial charge in [-0.05, 0) is 24.3 Å². The van der Waals surface area contributed by atoms with Crippen molar-refractivity contribution in [2.45, 2.75) is 6.92 Å². The molecule has 29 heavy (non-hydrogen) atoms. The number of carbonyl (C=O) groups excluding carboxylic acids is 2. The van der Waals surface area contributed by atoms with Gasteiger partial charge in [-0.2, -0.15) is 0 Å². The van der Waals surface area contributed by atoms with E-state index >= 15 is 0 Å². The summed E-state index contributed by atoms with van der Waals surface area (Å²) in [4.78, 5) is 34.9. The van der Waals surface area contributed by atoms with E-state index in [4.69, 9.17) is 9.47 Å². The summed E-state index contributed by atoms with van der Waals surface area (Å²) in [6, 6.07) is 11.0. The van der Waals surface area contributed by atoms with Crippen molar-refractivity contribution in [3.05, 3.63) is 42.6 Å². The van der Waals surface area contributed by atoms with Crippen LogP contribution in [0.15, 0.2) is 42.6 Å². The van der Waals surface area contributed by atoms with Gasteiger partial charge in [-0.25, -0.2) is 4.98 Å². The summed E-state index contributed by atoms with van der Waals surface area (Å²) in [5, 5.41) is 0. The number of anilines is 2. The summed E-state index contributed by atoms with van der Waals surface area (Å²) < 4.78 is 10.6. The fourth-order valence-corrected chi connectivity index (χ4v) is 3.33. The van der Waals surface area contributed by atoms with Gasteiger partial charge in [0.2, 0.25) is 11.8 Å². The number of carbonyl (C=O) groups is 2. The molecule has 0 bridgehead atoms. The highest BCUT2D eigenvalue weighted by molar-refractivity contribution is 5.99. The molecule has 0 N–H and O–H groups in total. The van der Waals surface area contributed by atoms with Crippen LogP contribution in [0.2, 0.25) is 0 Å². The van der Waals surface area contributed by atoms with Gasteiger partial charge in [-0.15, -0.1) is 0 Å². The lowest BCUT2D eigenvalue weighted by Gasteiger charge is -2.36. The number of nitrogens with zero attached hydrogens (tertiary/aromatic N) is 4. The molecule has 0 saturated carbocycles. The number of rotatable bonds is 6. The topological polar surface area (TPSA) is 75.2 Å². The fraction of sp³-hybridized carbons (Fsp3) is 0.381. The number of hydrogen-bond acceptors (Lipinski definition) is 6. The lowest BCUT2D eigenvalue weighted by Crippen LogP contribution is -2.52. The quantitative estimate of drug-likeness (QED) is 0.739. The predicted octanol–water partition coefficient (Wildman–Crippen LogP) is 1.80. The highest BCUT2D eigenvalue weighted by atomic mass is 16.5. The average Bonchev–Trinajstić information content (AvgIpc) is 2.77. The molecule has 0 radical (unpaired) electrons. The normalized spacial score (nSPS) is 13.8. The Labute approximate surface area is 170 Å². The number of methoxy groups -OCH3 is 2. The summed E-state index contributed by atoms with van der Waals surface area (Å²) in [6.07, 6.45) is 1.76. The molecule has 0 atom stereocenters. The second-order valence-corrected chi connectivity index (χ2v) is 6.70. The van der Waals surface area contributed by atoms with Gasteiger partial charge < -0.3 is 19.3 Å². The maximum Gasteiger partial charge on any atom is 0.242 e. The van der Waals surface area contributed by atoms with E-state index in [0.29, 0.717) is 43.4 Å². The third kappa shape index (κ3) is 4.77. The van der Waals surface area contributed by atoms with Crippen molar-refractivity contribution < 1.29 is 19.1 Å². The first-order valence-electron chi connectivity index (χ1n) is 9.47. The highest BCUT2D eigenvalue weighted by Gasteiger charge is 2.26. The van der Waals surface area contributed by atoms with Crippen LogP contribution in [0.25, 0.3) is 0 Å². The van der Waals surface area contributed by atoms with Crippen LogP contribution in [-0.2, 0) is 9.59 Å². The van der Waals surface area contributed by atoms with Crippen LogP contribution in [0, 0.1) is 0 Å². The van der Waals surface area contributed by atoms with Crippen molar-refractivity contribution in [2.24, 2.45) is 0 Å². The maximum absolute atomic E-state index is 12.9. The minimum atomic E-state index is -0.239. The molecule has 2 heterocycles. The van der Waals surface area contributed by atoms with E-state index in [1.54, 1.807) is 36.4 Å². The number of amides is 2. The molecule has 8 heteroatoms.